The predicted octanol–water partition coefficient (Wildman–Crippen LogP) is 5.50. The lowest BCUT2D eigenvalue weighted by Gasteiger charge is -2.20. The number of aryl methyl sites for hydroxylation is 1. The lowest BCUT2D eigenvalue weighted by atomic mass is 10.2. The number of nitrogens with one attached hydrogen (secondary N) is 2. The molecule has 14 nitrogen and oxygen atoms in total. The van der Waals surface area contributed by atoms with Crippen LogP contribution < -0.4 is 20.1 Å². The van der Waals surface area contributed by atoms with Crippen molar-refractivity contribution in [3.05, 3.63) is 118 Å². The minimum atomic E-state index is -0.617. The Labute approximate surface area is 349 Å². The number of pyridine rings is 2. The fourth-order valence-corrected chi connectivity index (χ4v) is 6.02. The summed E-state index contributed by atoms with van der Waals surface area (Å²) in [6, 6.07) is 17.8. The van der Waals surface area contributed by atoms with E-state index >= 15 is 0 Å². The number of amides is 2. The number of hydrogen-bond donors (Lipinski definition) is 2. The molecule has 0 fully saturated rings. The molecular formula is C41H45F2IN10O4. The minimum absolute atomic E-state index is 0.140. The maximum atomic E-state index is 13.5. The summed E-state index contributed by atoms with van der Waals surface area (Å²) in [4.78, 5) is 53.4. The zero-order chi connectivity index (χ0) is 41.3. The van der Waals surface area contributed by atoms with Crippen LogP contribution in [0.2, 0.25) is 0 Å². The zero-order valence-electron chi connectivity index (χ0n) is 32.5. The molecule has 4 aromatic heterocycles. The maximum absolute atomic E-state index is 13.5. The Morgan fingerprint density at radius 2 is 1.14 bits per heavy atom. The second kappa shape index (κ2) is 22.4. The summed E-state index contributed by atoms with van der Waals surface area (Å²) < 4.78 is 38.8. The van der Waals surface area contributed by atoms with Crippen LogP contribution >= 0.6 is 22.6 Å². The Morgan fingerprint density at radius 1 is 0.655 bits per heavy atom. The number of fused-ring (bicyclic) bond motifs is 2. The standard InChI is InChI=1S/C21H24FN5O2.C20H21FIN5O2/c1-3-27(11-12-29-19-5-4-8-23-20(19)22)10-9-24-21(28)18-14-25-17-13-15(2)6-7-16(17)26-18;1-2-27(10-11-29-18-4-3-7-23-19(18)21)9-8-24-20(28)17-13-25-16-12-14(22)5-6-15(16)26-17/h4-8,13-14H,3,9-12H2,1-2H3,(H,24,28);3-7,12-13H,2,8-11H2,1H3,(H,24,28). The van der Waals surface area contributed by atoms with Crippen molar-refractivity contribution < 1.29 is 27.8 Å². The van der Waals surface area contributed by atoms with Crippen molar-refractivity contribution in [1.29, 1.82) is 0 Å². The van der Waals surface area contributed by atoms with Gasteiger partial charge in [-0.05, 0) is 103 Å². The van der Waals surface area contributed by atoms with E-state index in [-0.39, 0.29) is 29.0 Å². The van der Waals surface area contributed by atoms with Crippen LogP contribution in [0.5, 0.6) is 11.5 Å². The van der Waals surface area contributed by atoms with E-state index in [1.54, 1.807) is 24.3 Å². The molecule has 0 atom stereocenters. The molecule has 6 aromatic rings. The number of hydrogen-bond acceptors (Lipinski definition) is 12. The lowest BCUT2D eigenvalue weighted by molar-refractivity contribution is 0.0934. The van der Waals surface area contributed by atoms with Gasteiger partial charge in [0, 0.05) is 55.2 Å². The molecule has 0 aliphatic rings. The summed E-state index contributed by atoms with van der Waals surface area (Å²) in [7, 11) is 0. The van der Waals surface area contributed by atoms with Gasteiger partial charge < -0.3 is 20.1 Å². The second-order valence-electron chi connectivity index (χ2n) is 12.8. The molecule has 2 aromatic carbocycles. The van der Waals surface area contributed by atoms with Gasteiger partial charge in [0.1, 0.15) is 24.6 Å². The number of ether oxygens (including phenoxy) is 2. The minimum Gasteiger partial charge on any atom is -0.487 e. The first kappa shape index (κ1) is 43.6. The molecule has 58 heavy (non-hydrogen) atoms. The van der Waals surface area contributed by atoms with E-state index in [0.717, 1.165) is 33.3 Å². The molecule has 0 spiro atoms. The van der Waals surface area contributed by atoms with Crippen LogP contribution in [0, 0.1) is 22.4 Å². The van der Waals surface area contributed by atoms with Crippen LogP contribution in [0.25, 0.3) is 22.1 Å². The van der Waals surface area contributed by atoms with Gasteiger partial charge in [0.25, 0.3) is 23.7 Å². The average molecular weight is 907 g/mol. The van der Waals surface area contributed by atoms with Crippen LogP contribution in [0.1, 0.15) is 40.4 Å². The SMILES string of the molecule is CCN(CCNC(=O)c1cnc2cc(C)ccc2n1)CCOc1cccnc1F.CCN(CCNC(=O)c1cnc2cc(I)ccc2n1)CCOc1cccnc1F. The van der Waals surface area contributed by atoms with Crippen molar-refractivity contribution in [2.75, 3.05) is 65.6 Å². The molecule has 0 saturated carbocycles. The summed E-state index contributed by atoms with van der Waals surface area (Å²) in [6.45, 7) is 11.7. The number of likely N-dealkylation sites (N-methyl/N-ethyl adjacent to an activating group) is 2. The number of carbonyl (C=O) groups excluding carboxylic acids is 2. The predicted molar refractivity (Wildman–Crippen MR) is 225 cm³/mol. The largest absolute Gasteiger partial charge is 0.487 e. The Bertz CT molecular complexity index is 2130. The first-order valence-corrected chi connectivity index (χ1v) is 19.8. The monoisotopic (exact) mass is 906 g/mol. The molecule has 0 radical (unpaired) electrons. The highest BCUT2D eigenvalue weighted by Crippen LogP contribution is 2.16. The van der Waals surface area contributed by atoms with Gasteiger partial charge in [-0.25, -0.2) is 19.9 Å². The summed E-state index contributed by atoms with van der Waals surface area (Å²) in [6.07, 6.45) is 5.74. The number of aromatic nitrogens is 6. The van der Waals surface area contributed by atoms with E-state index in [4.69, 9.17) is 9.47 Å². The van der Waals surface area contributed by atoms with E-state index in [1.165, 1.54) is 24.8 Å². The molecule has 0 aliphatic carbocycles. The molecule has 0 aliphatic heterocycles. The molecular weight excluding hydrogens is 861 g/mol. The van der Waals surface area contributed by atoms with E-state index < -0.39 is 11.9 Å². The fourth-order valence-electron chi connectivity index (χ4n) is 5.54. The van der Waals surface area contributed by atoms with Crippen molar-refractivity contribution in [3.8, 4) is 11.5 Å². The van der Waals surface area contributed by atoms with E-state index in [0.29, 0.717) is 69.2 Å². The molecule has 0 bridgehead atoms. The van der Waals surface area contributed by atoms with Gasteiger partial charge in [0.05, 0.1) is 34.5 Å². The van der Waals surface area contributed by atoms with E-state index in [1.807, 2.05) is 57.2 Å². The van der Waals surface area contributed by atoms with Crippen LogP contribution in [0.15, 0.2) is 85.5 Å². The number of halogens is 3. The van der Waals surface area contributed by atoms with Crippen molar-refractivity contribution in [3.63, 3.8) is 0 Å². The molecule has 4 heterocycles. The second-order valence-corrected chi connectivity index (χ2v) is 14.0. The van der Waals surface area contributed by atoms with Gasteiger partial charge in [0.2, 0.25) is 0 Å². The van der Waals surface area contributed by atoms with Crippen molar-refractivity contribution >= 4 is 56.5 Å². The van der Waals surface area contributed by atoms with E-state index in [2.05, 4.69) is 72.9 Å². The van der Waals surface area contributed by atoms with Crippen LogP contribution in [0.4, 0.5) is 8.78 Å². The first-order chi connectivity index (χ1) is 28.1. The van der Waals surface area contributed by atoms with Crippen molar-refractivity contribution in [2.45, 2.75) is 20.8 Å². The normalized spacial score (nSPS) is 11.0. The van der Waals surface area contributed by atoms with Crippen LogP contribution in [0.3, 0.4) is 0 Å². The molecule has 2 N–H and O–H groups in total. The topological polar surface area (TPSA) is 160 Å². The van der Waals surface area contributed by atoms with Crippen LogP contribution in [-0.4, -0.2) is 117 Å². The van der Waals surface area contributed by atoms with Crippen molar-refractivity contribution in [2.24, 2.45) is 0 Å². The zero-order valence-corrected chi connectivity index (χ0v) is 34.7. The summed E-state index contributed by atoms with van der Waals surface area (Å²) >= 11 is 2.21. The third-order valence-corrected chi connectivity index (χ3v) is 9.44. The van der Waals surface area contributed by atoms with E-state index in [9.17, 15) is 18.4 Å². The molecule has 2 amide bonds. The number of carbonyl (C=O) groups is 2. The summed E-state index contributed by atoms with van der Waals surface area (Å²) in [5, 5.41) is 5.72. The maximum Gasteiger partial charge on any atom is 0.271 e. The Kier molecular flexibility index (Phi) is 16.8. The highest BCUT2D eigenvalue weighted by molar-refractivity contribution is 14.1. The molecule has 0 saturated heterocycles. The van der Waals surface area contributed by atoms with Gasteiger partial charge in [0.15, 0.2) is 11.5 Å². The average Bonchev–Trinajstić information content (AvgIpc) is 3.23. The summed E-state index contributed by atoms with van der Waals surface area (Å²) in [5.41, 5.74) is 4.58. The quantitative estimate of drug-likeness (QED) is 0.0825. The third-order valence-electron chi connectivity index (χ3n) is 8.77. The highest BCUT2D eigenvalue weighted by Gasteiger charge is 2.13. The highest BCUT2D eigenvalue weighted by atomic mass is 127. The molecule has 0 unspecified atom stereocenters. The van der Waals surface area contributed by atoms with Gasteiger partial charge in [-0.2, -0.15) is 8.78 Å². The molecule has 17 heteroatoms. The number of rotatable bonds is 18. The molecule has 6 rings (SSSR count). The Morgan fingerprint density at radius 3 is 1.62 bits per heavy atom. The number of nitrogens with zero attached hydrogens (tertiary/aromatic N) is 8. The molecule has 304 valence electrons. The third kappa shape index (κ3) is 13.3. The number of benzene rings is 2. The summed E-state index contributed by atoms with van der Waals surface area (Å²) in [5.74, 6) is -1.47. The van der Waals surface area contributed by atoms with Crippen LogP contribution in [-0.2, 0) is 0 Å². The van der Waals surface area contributed by atoms with Gasteiger partial charge in [-0.15, -0.1) is 0 Å². The van der Waals surface area contributed by atoms with Gasteiger partial charge in [-0.3, -0.25) is 29.4 Å². The fraction of sp³-hybridized carbons (Fsp3) is 0.317. The van der Waals surface area contributed by atoms with Gasteiger partial charge in [-0.1, -0.05) is 19.9 Å². The van der Waals surface area contributed by atoms with Gasteiger partial charge >= 0.3 is 0 Å². The lowest BCUT2D eigenvalue weighted by Crippen LogP contribution is -2.37. The Balaban J connectivity index is 0.000000221. The smallest absolute Gasteiger partial charge is 0.271 e. The first-order valence-electron chi connectivity index (χ1n) is 18.8. The van der Waals surface area contributed by atoms with Crippen molar-refractivity contribution in [1.82, 2.24) is 50.3 Å². The Hall–Kier alpha value is -5.53.